The van der Waals surface area contributed by atoms with Gasteiger partial charge in [0.2, 0.25) is 0 Å². The van der Waals surface area contributed by atoms with E-state index in [2.05, 4.69) is 15.5 Å². The molecule has 0 saturated heterocycles. The van der Waals surface area contributed by atoms with Crippen molar-refractivity contribution < 1.29 is 9.18 Å². The van der Waals surface area contributed by atoms with Crippen LogP contribution in [0.2, 0.25) is 5.02 Å². The summed E-state index contributed by atoms with van der Waals surface area (Å²) in [5.41, 5.74) is 4.28. The molecule has 7 heteroatoms. The predicted molar refractivity (Wildman–Crippen MR) is 103 cm³/mol. The van der Waals surface area contributed by atoms with Crippen molar-refractivity contribution in [2.75, 3.05) is 0 Å². The molecule has 2 aromatic carbocycles. The van der Waals surface area contributed by atoms with Crippen LogP contribution in [-0.4, -0.2) is 17.1 Å². The van der Waals surface area contributed by atoms with Crippen LogP contribution in [0.25, 0.3) is 0 Å². The average Bonchev–Trinajstić information content (AvgIpc) is 2.98. The van der Waals surface area contributed by atoms with Crippen LogP contribution in [-0.2, 0) is 6.42 Å². The molecule has 0 atom stereocenters. The lowest BCUT2D eigenvalue weighted by Gasteiger charge is -2.00. The zero-order chi connectivity index (χ0) is 18.5. The number of benzene rings is 2. The number of aryl methyl sites for hydroxylation is 1. The van der Waals surface area contributed by atoms with Gasteiger partial charge in [0.1, 0.15) is 10.7 Å². The molecule has 0 fully saturated rings. The molecule has 0 spiro atoms. The Morgan fingerprint density at radius 3 is 2.77 bits per heavy atom. The van der Waals surface area contributed by atoms with Gasteiger partial charge in [-0.1, -0.05) is 48.0 Å². The number of rotatable bonds is 5. The van der Waals surface area contributed by atoms with Gasteiger partial charge in [-0.3, -0.25) is 4.79 Å². The number of carbonyl (C=O) groups excluding carboxylic acids is 1. The lowest BCUT2D eigenvalue weighted by molar-refractivity contribution is 0.0958. The van der Waals surface area contributed by atoms with Gasteiger partial charge in [-0.25, -0.2) is 14.8 Å². The highest BCUT2D eigenvalue weighted by Crippen LogP contribution is 2.21. The number of hydrazone groups is 1. The normalized spacial score (nSPS) is 11.0. The first-order chi connectivity index (χ1) is 12.5. The van der Waals surface area contributed by atoms with E-state index in [0.717, 1.165) is 10.6 Å². The molecule has 0 unspecified atom stereocenters. The van der Waals surface area contributed by atoms with Crippen molar-refractivity contribution in [2.45, 2.75) is 13.3 Å². The van der Waals surface area contributed by atoms with Crippen LogP contribution >= 0.6 is 22.9 Å². The minimum Gasteiger partial charge on any atom is -0.266 e. The molecule has 132 valence electrons. The van der Waals surface area contributed by atoms with Crippen molar-refractivity contribution in [1.29, 1.82) is 0 Å². The fourth-order valence-electron chi connectivity index (χ4n) is 2.35. The summed E-state index contributed by atoms with van der Waals surface area (Å²) in [6.45, 7) is 1.78. The second kappa shape index (κ2) is 8.21. The van der Waals surface area contributed by atoms with E-state index in [9.17, 15) is 9.18 Å². The first-order valence-corrected chi connectivity index (χ1v) is 9.01. The number of hydrogen-bond donors (Lipinski definition) is 1. The largest absolute Gasteiger partial charge is 0.283 e. The van der Waals surface area contributed by atoms with Crippen molar-refractivity contribution in [2.24, 2.45) is 5.10 Å². The zero-order valence-corrected chi connectivity index (χ0v) is 15.4. The molecule has 0 radical (unpaired) electrons. The molecule has 0 aliphatic heterocycles. The SMILES string of the molecule is Cc1nc(Cc2ccccc2)sc1C(=O)N/N=C/c1c(F)cccc1Cl. The molecular formula is C19H15ClFN3OS. The van der Waals surface area contributed by atoms with Gasteiger partial charge in [-0.15, -0.1) is 11.3 Å². The molecule has 0 bridgehead atoms. The van der Waals surface area contributed by atoms with E-state index < -0.39 is 5.82 Å². The molecule has 1 N–H and O–H groups in total. The standard InChI is InChI=1S/C19H15ClFN3OS/c1-12-18(26-17(23-12)10-13-6-3-2-4-7-13)19(25)24-22-11-14-15(20)8-5-9-16(14)21/h2-9,11H,10H2,1H3,(H,24,25)/b22-11+. The summed E-state index contributed by atoms with van der Waals surface area (Å²) in [6, 6.07) is 14.2. The Labute approximate surface area is 159 Å². The highest BCUT2D eigenvalue weighted by atomic mass is 35.5. The number of hydrogen-bond acceptors (Lipinski definition) is 4. The van der Waals surface area contributed by atoms with Crippen LogP contribution < -0.4 is 5.43 Å². The van der Waals surface area contributed by atoms with E-state index in [4.69, 9.17) is 11.6 Å². The van der Waals surface area contributed by atoms with Crippen LogP contribution in [0.15, 0.2) is 53.6 Å². The summed E-state index contributed by atoms with van der Waals surface area (Å²) >= 11 is 7.23. The third kappa shape index (κ3) is 4.33. The van der Waals surface area contributed by atoms with Crippen LogP contribution in [0.5, 0.6) is 0 Å². The summed E-state index contributed by atoms with van der Waals surface area (Å²) in [4.78, 5) is 17.2. The number of nitrogens with one attached hydrogen (secondary N) is 1. The number of halogens is 2. The van der Waals surface area contributed by atoms with E-state index in [0.29, 0.717) is 17.0 Å². The van der Waals surface area contributed by atoms with E-state index in [1.54, 1.807) is 13.0 Å². The van der Waals surface area contributed by atoms with Crippen LogP contribution in [0.3, 0.4) is 0 Å². The first kappa shape index (κ1) is 18.2. The summed E-state index contributed by atoms with van der Waals surface area (Å²) < 4.78 is 13.7. The van der Waals surface area contributed by atoms with Gasteiger partial charge in [0.15, 0.2) is 0 Å². The summed E-state index contributed by atoms with van der Waals surface area (Å²) in [5, 5.41) is 4.88. The Hall–Kier alpha value is -2.57. The molecule has 0 aliphatic carbocycles. The summed E-state index contributed by atoms with van der Waals surface area (Å²) in [7, 11) is 0. The van der Waals surface area contributed by atoms with Crippen molar-refractivity contribution in [3.63, 3.8) is 0 Å². The maximum absolute atomic E-state index is 13.7. The van der Waals surface area contributed by atoms with Gasteiger partial charge in [-0.2, -0.15) is 5.10 Å². The fraction of sp³-hybridized carbons (Fsp3) is 0.105. The van der Waals surface area contributed by atoms with Crippen LogP contribution in [0, 0.1) is 12.7 Å². The maximum atomic E-state index is 13.7. The number of nitrogens with zero attached hydrogens (tertiary/aromatic N) is 2. The minimum atomic E-state index is -0.505. The molecule has 4 nitrogen and oxygen atoms in total. The molecule has 1 heterocycles. The molecular weight excluding hydrogens is 373 g/mol. The van der Waals surface area contributed by atoms with Crippen molar-refractivity contribution >= 4 is 35.1 Å². The lowest BCUT2D eigenvalue weighted by atomic mass is 10.2. The van der Waals surface area contributed by atoms with E-state index in [1.807, 2.05) is 30.3 Å². The van der Waals surface area contributed by atoms with Gasteiger partial charge in [0.05, 0.1) is 21.9 Å². The second-order valence-corrected chi connectivity index (χ2v) is 7.01. The van der Waals surface area contributed by atoms with Crippen LogP contribution in [0.4, 0.5) is 4.39 Å². The smallest absolute Gasteiger partial charge is 0.266 e. The van der Waals surface area contributed by atoms with Crippen molar-refractivity contribution in [3.8, 4) is 0 Å². The Morgan fingerprint density at radius 1 is 1.27 bits per heavy atom. The highest BCUT2D eigenvalue weighted by Gasteiger charge is 2.15. The van der Waals surface area contributed by atoms with Gasteiger partial charge in [0.25, 0.3) is 5.91 Å². The summed E-state index contributed by atoms with van der Waals surface area (Å²) in [5.74, 6) is -0.891. The molecule has 0 aliphatic rings. The zero-order valence-electron chi connectivity index (χ0n) is 13.9. The number of amides is 1. The molecule has 0 saturated carbocycles. The Balaban J connectivity index is 1.69. The summed E-state index contributed by atoms with van der Waals surface area (Å²) in [6.07, 6.45) is 1.85. The van der Waals surface area contributed by atoms with Gasteiger partial charge in [0, 0.05) is 12.0 Å². The van der Waals surface area contributed by atoms with Gasteiger partial charge < -0.3 is 0 Å². The third-order valence-electron chi connectivity index (χ3n) is 3.60. The molecule has 1 aromatic heterocycles. The molecule has 3 rings (SSSR count). The Morgan fingerprint density at radius 2 is 2.04 bits per heavy atom. The van der Waals surface area contributed by atoms with Crippen molar-refractivity contribution in [1.82, 2.24) is 10.4 Å². The molecule has 1 amide bonds. The maximum Gasteiger partial charge on any atom is 0.283 e. The van der Waals surface area contributed by atoms with E-state index in [-0.39, 0.29) is 16.5 Å². The highest BCUT2D eigenvalue weighted by molar-refractivity contribution is 7.13. The van der Waals surface area contributed by atoms with Gasteiger partial charge >= 0.3 is 0 Å². The second-order valence-electron chi connectivity index (χ2n) is 5.52. The number of aromatic nitrogens is 1. The van der Waals surface area contributed by atoms with E-state index in [1.165, 1.54) is 29.7 Å². The average molecular weight is 388 g/mol. The number of thiazole rings is 1. The quantitative estimate of drug-likeness (QED) is 0.514. The first-order valence-electron chi connectivity index (χ1n) is 7.82. The predicted octanol–water partition coefficient (Wildman–Crippen LogP) is 4.60. The lowest BCUT2D eigenvalue weighted by Crippen LogP contribution is -2.17. The van der Waals surface area contributed by atoms with Gasteiger partial charge in [-0.05, 0) is 24.6 Å². The third-order valence-corrected chi connectivity index (χ3v) is 5.09. The number of carbonyl (C=O) groups is 1. The monoisotopic (exact) mass is 387 g/mol. The van der Waals surface area contributed by atoms with E-state index >= 15 is 0 Å². The fourth-order valence-corrected chi connectivity index (χ4v) is 3.55. The Bertz CT molecular complexity index is 936. The topological polar surface area (TPSA) is 54.4 Å². The minimum absolute atomic E-state index is 0.125. The van der Waals surface area contributed by atoms with Crippen molar-refractivity contribution in [3.05, 3.63) is 86.1 Å². The van der Waals surface area contributed by atoms with Crippen LogP contribution in [0.1, 0.15) is 31.5 Å². The molecule has 26 heavy (non-hydrogen) atoms. The Kier molecular flexibility index (Phi) is 5.75. The molecule has 3 aromatic rings.